The van der Waals surface area contributed by atoms with Crippen LogP contribution < -0.4 is 10.2 Å². The summed E-state index contributed by atoms with van der Waals surface area (Å²) in [6, 6.07) is 20.9. The lowest BCUT2D eigenvalue weighted by molar-refractivity contribution is 0.404. The van der Waals surface area contributed by atoms with E-state index in [-0.39, 0.29) is 6.04 Å². The van der Waals surface area contributed by atoms with Gasteiger partial charge in [0.15, 0.2) is 0 Å². The van der Waals surface area contributed by atoms with Gasteiger partial charge in [-0.05, 0) is 34.5 Å². The Bertz CT molecular complexity index is 919. The van der Waals surface area contributed by atoms with Crippen molar-refractivity contribution >= 4 is 32.4 Å². The van der Waals surface area contributed by atoms with Crippen molar-refractivity contribution in [3.63, 3.8) is 0 Å². The highest BCUT2D eigenvalue weighted by atomic mass is 79.9. The molecule has 0 fully saturated rings. The van der Waals surface area contributed by atoms with Gasteiger partial charge in [-0.2, -0.15) is 5.10 Å². The van der Waals surface area contributed by atoms with Crippen LogP contribution in [0.5, 0.6) is 5.75 Å². The number of methoxy groups -OCH3 is 1. The van der Waals surface area contributed by atoms with Gasteiger partial charge in [0, 0.05) is 16.5 Å². The average molecular weight is 381 g/mol. The molecule has 0 saturated carbocycles. The third kappa shape index (κ3) is 2.67. The number of rotatable bonds is 3. The fourth-order valence-corrected chi connectivity index (χ4v) is 3.51. The molecule has 24 heavy (non-hydrogen) atoms. The highest BCUT2D eigenvalue weighted by Crippen LogP contribution is 2.37. The molecule has 0 spiro atoms. The standard InChI is InChI=1S/C20H17BrN2O/c1-24-19-11-8-13-4-2-3-5-16(13)20(19)18-12-17(22-23-18)14-6-9-15(21)10-7-14/h2-11,18,23H,12H2,1H3. The summed E-state index contributed by atoms with van der Waals surface area (Å²) in [5.41, 5.74) is 6.69. The monoisotopic (exact) mass is 380 g/mol. The maximum Gasteiger partial charge on any atom is 0.124 e. The van der Waals surface area contributed by atoms with E-state index in [1.54, 1.807) is 7.11 Å². The third-order valence-electron chi connectivity index (χ3n) is 4.43. The number of nitrogens with one attached hydrogen (secondary N) is 1. The Balaban J connectivity index is 1.71. The van der Waals surface area contributed by atoms with E-state index in [9.17, 15) is 0 Å². The van der Waals surface area contributed by atoms with Crippen LogP contribution >= 0.6 is 15.9 Å². The molecular weight excluding hydrogens is 364 g/mol. The van der Waals surface area contributed by atoms with Crippen LogP contribution in [0.3, 0.4) is 0 Å². The van der Waals surface area contributed by atoms with E-state index in [1.807, 2.05) is 18.2 Å². The zero-order chi connectivity index (χ0) is 16.5. The van der Waals surface area contributed by atoms with E-state index in [0.29, 0.717) is 0 Å². The molecule has 1 heterocycles. The van der Waals surface area contributed by atoms with Crippen LogP contribution in [-0.4, -0.2) is 12.8 Å². The second-order valence-electron chi connectivity index (χ2n) is 5.85. The fourth-order valence-electron chi connectivity index (χ4n) is 3.24. The Kier molecular flexibility index (Phi) is 3.98. The summed E-state index contributed by atoms with van der Waals surface area (Å²) < 4.78 is 6.70. The van der Waals surface area contributed by atoms with Gasteiger partial charge in [0.05, 0.1) is 18.9 Å². The minimum atomic E-state index is 0.115. The van der Waals surface area contributed by atoms with Crippen molar-refractivity contribution in [1.29, 1.82) is 0 Å². The number of benzene rings is 3. The zero-order valence-corrected chi connectivity index (χ0v) is 14.9. The van der Waals surface area contributed by atoms with Gasteiger partial charge >= 0.3 is 0 Å². The SMILES string of the molecule is COc1ccc2ccccc2c1C1CC(c2ccc(Br)cc2)=NN1. The molecule has 3 nitrogen and oxygen atoms in total. The van der Waals surface area contributed by atoms with Gasteiger partial charge in [-0.25, -0.2) is 0 Å². The lowest BCUT2D eigenvalue weighted by Crippen LogP contribution is -2.12. The molecule has 120 valence electrons. The number of nitrogens with zero attached hydrogens (tertiary/aromatic N) is 1. The number of hydrogen-bond donors (Lipinski definition) is 1. The Labute approximate surface area is 149 Å². The van der Waals surface area contributed by atoms with E-state index in [2.05, 4.69) is 68.9 Å². The normalized spacial score (nSPS) is 16.8. The van der Waals surface area contributed by atoms with Crippen LogP contribution in [0.4, 0.5) is 0 Å². The summed E-state index contributed by atoms with van der Waals surface area (Å²) in [5.74, 6) is 0.901. The largest absolute Gasteiger partial charge is 0.496 e. The topological polar surface area (TPSA) is 33.6 Å². The zero-order valence-electron chi connectivity index (χ0n) is 13.3. The summed E-state index contributed by atoms with van der Waals surface area (Å²) >= 11 is 3.48. The quantitative estimate of drug-likeness (QED) is 0.689. The average Bonchev–Trinajstić information content (AvgIpc) is 3.11. The number of halogens is 1. The Hall–Kier alpha value is -2.33. The minimum absolute atomic E-state index is 0.115. The second-order valence-corrected chi connectivity index (χ2v) is 6.77. The molecule has 0 bridgehead atoms. The van der Waals surface area contributed by atoms with Crippen LogP contribution in [0.25, 0.3) is 10.8 Å². The van der Waals surface area contributed by atoms with Gasteiger partial charge in [-0.1, -0.05) is 58.4 Å². The minimum Gasteiger partial charge on any atom is -0.496 e. The Morgan fingerprint density at radius 3 is 2.62 bits per heavy atom. The highest BCUT2D eigenvalue weighted by molar-refractivity contribution is 9.10. The van der Waals surface area contributed by atoms with Gasteiger partial charge in [-0.15, -0.1) is 0 Å². The Morgan fingerprint density at radius 2 is 1.83 bits per heavy atom. The van der Waals surface area contributed by atoms with E-state index in [4.69, 9.17) is 4.74 Å². The van der Waals surface area contributed by atoms with Crippen molar-refractivity contribution < 1.29 is 4.74 Å². The highest BCUT2D eigenvalue weighted by Gasteiger charge is 2.25. The van der Waals surface area contributed by atoms with Gasteiger partial charge in [0.1, 0.15) is 5.75 Å². The molecule has 1 atom stereocenters. The molecule has 1 aliphatic heterocycles. The maximum atomic E-state index is 5.63. The van der Waals surface area contributed by atoms with Gasteiger partial charge in [0.2, 0.25) is 0 Å². The number of hydrazone groups is 1. The summed E-state index contributed by atoms with van der Waals surface area (Å²) in [7, 11) is 1.72. The predicted molar refractivity (Wildman–Crippen MR) is 102 cm³/mol. The smallest absolute Gasteiger partial charge is 0.124 e. The first kappa shape index (κ1) is 15.2. The second kappa shape index (κ2) is 6.29. The van der Waals surface area contributed by atoms with Crippen molar-refractivity contribution in [2.45, 2.75) is 12.5 Å². The summed E-state index contributed by atoms with van der Waals surface area (Å²) in [5, 5.41) is 7.00. The maximum absolute atomic E-state index is 5.63. The molecule has 0 aliphatic carbocycles. The van der Waals surface area contributed by atoms with E-state index in [1.165, 1.54) is 16.3 Å². The molecule has 4 rings (SSSR count). The van der Waals surface area contributed by atoms with Crippen molar-refractivity contribution in [2.75, 3.05) is 7.11 Å². The molecule has 1 unspecified atom stereocenters. The molecule has 1 N–H and O–H groups in total. The van der Waals surface area contributed by atoms with Crippen molar-refractivity contribution in [1.82, 2.24) is 5.43 Å². The third-order valence-corrected chi connectivity index (χ3v) is 4.96. The van der Waals surface area contributed by atoms with E-state index >= 15 is 0 Å². The van der Waals surface area contributed by atoms with Crippen molar-refractivity contribution in [2.24, 2.45) is 5.10 Å². The van der Waals surface area contributed by atoms with Crippen LogP contribution in [0.1, 0.15) is 23.6 Å². The first-order valence-electron chi connectivity index (χ1n) is 7.90. The predicted octanol–water partition coefficient (Wildman–Crippen LogP) is 5.05. The Morgan fingerprint density at radius 1 is 1.04 bits per heavy atom. The molecule has 0 radical (unpaired) electrons. The molecule has 3 aromatic carbocycles. The number of fused-ring (bicyclic) bond motifs is 1. The van der Waals surface area contributed by atoms with E-state index < -0.39 is 0 Å². The number of ether oxygens (including phenoxy) is 1. The van der Waals surface area contributed by atoms with Gasteiger partial charge < -0.3 is 10.2 Å². The lowest BCUT2D eigenvalue weighted by Gasteiger charge is -2.17. The summed E-state index contributed by atoms with van der Waals surface area (Å²) in [4.78, 5) is 0. The fraction of sp³-hybridized carbons (Fsp3) is 0.150. The van der Waals surface area contributed by atoms with E-state index in [0.717, 1.165) is 27.9 Å². The van der Waals surface area contributed by atoms with Crippen molar-refractivity contribution in [3.8, 4) is 5.75 Å². The number of hydrogen-bond acceptors (Lipinski definition) is 3. The van der Waals surface area contributed by atoms with Crippen LogP contribution in [-0.2, 0) is 0 Å². The molecule has 0 amide bonds. The van der Waals surface area contributed by atoms with Crippen LogP contribution in [0.15, 0.2) is 70.2 Å². The molecule has 0 saturated heterocycles. The molecular formula is C20H17BrN2O. The summed E-state index contributed by atoms with van der Waals surface area (Å²) in [6.45, 7) is 0. The first-order chi connectivity index (χ1) is 11.8. The summed E-state index contributed by atoms with van der Waals surface area (Å²) in [6.07, 6.45) is 0.839. The molecule has 3 aromatic rings. The first-order valence-corrected chi connectivity index (χ1v) is 8.69. The molecule has 4 heteroatoms. The van der Waals surface area contributed by atoms with Crippen molar-refractivity contribution in [3.05, 3.63) is 76.3 Å². The van der Waals surface area contributed by atoms with Crippen LogP contribution in [0, 0.1) is 0 Å². The lowest BCUT2D eigenvalue weighted by atomic mass is 9.94. The molecule has 0 aromatic heterocycles. The molecule has 1 aliphatic rings. The van der Waals surface area contributed by atoms with Crippen LogP contribution in [0.2, 0.25) is 0 Å². The van der Waals surface area contributed by atoms with Gasteiger partial charge in [-0.3, -0.25) is 0 Å². The van der Waals surface area contributed by atoms with Gasteiger partial charge in [0.25, 0.3) is 0 Å².